The molecule has 140 valence electrons. The zero-order valence-corrected chi connectivity index (χ0v) is 15.4. The van der Waals surface area contributed by atoms with E-state index < -0.39 is 17.1 Å². The van der Waals surface area contributed by atoms with E-state index in [1.165, 1.54) is 6.08 Å². The van der Waals surface area contributed by atoms with E-state index in [2.05, 4.69) is 11.7 Å². The number of nitrogens with zero attached hydrogens (tertiary/aromatic N) is 2. The van der Waals surface area contributed by atoms with Crippen molar-refractivity contribution >= 4 is 5.91 Å². The predicted molar refractivity (Wildman–Crippen MR) is 101 cm³/mol. The summed E-state index contributed by atoms with van der Waals surface area (Å²) in [4.78, 5) is 12.7. The summed E-state index contributed by atoms with van der Waals surface area (Å²) in [7, 11) is 0. The third-order valence-corrected chi connectivity index (χ3v) is 5.16. The monoisotopic (exact) mass is 367 g/mol. The van der Waals surface area contributed by atoms with Gasteiger partial charge >= 0.3 is 0 Å². The lowest BCUT2D eigenvalue weighted by molar-refractivity contribution is -0.137. The largest absolute Gasteiger partial charge is 0.289 e. The maximum Gasteiger partial charge on any atom is 0.254 e. The second-order valence-electron chi connectivity index (χ2n) is 6.69. The number of halogens is 1. The summed E-state index contributed by atoms with van der Waals surface area (Å²) in [5, 5.41) is 13.8. The topological polar surface area (TPSA) is 67.2 Å². The number of amides is 1. The predicted octanol–water partition coefficient (Wildman–Crippen LogP) is 3.84. The molecule has 2 aromatic rings. The van der Waals surface area contributed by atoms with Crippen molar-refractivity contribution < 1.29 is 14.4 Å². The first-order valence-corrected chi connectivity index (χ1v) is 8.69. The molecule has 1 aliphatic rings. The number of aromatic nitrogens is 2. The molecule has 0 saturated heterocycles. The Balaban J connectivity index is 2.06. The summed E-state index contributed by atoms with van der Waals surface area (Å²) in [6, 6.07) is 9.57. The van der Waals surface area contributed by atoms with Gasteiger partial charge in [0, 0.05) is 12.1 Å². The number of hydrogen-bond acceptors (Lipinski definition) is 3. The van der Waals surface area contributed by atoms with E-state index in [1.807, 2.05) is 30.3 Å². The quantitative estimate of drug-likeness (QED) is 0.479. The Kier molecular flexibility index (Phi) is 5.10. The van der Waals surface area contributed by atoms with Gasteiger partial charge in [-0.1, -0.05) is 30.9 Å². The second kappa shape index (κ2) is 7.32. The van der Waals surface area contributed by atoms with Gasteiger partial charge < -0.3 is 0 Å². The van der Waals surface area contributed by atoms with Gasteiger partial charge in [-0.25, -0.2) is 14.6 Å². The lowest BCUT2D eigenvalue weighted by Crippen LogP contribution is -2.42. The highest BCUT2D eigenvalue weighted by atomic mass is 19.1. The van der Waals surface area contributed by atoms with E-state index in [0.717, 1.165) is 16.9 Å². The third kappa shape index (κ3) is 3.13. The number of para-hydroxylation sites is 1. The number of carbonyl (C=O) groups is 1. The van der Waals surface area contributed by atoms with E-state index in [9.17, 15) is 14.4 Å². The summed E-state index contributed by atoms with van der Waals surface area (Å²) in [5.74, 6) is -1.05. The van der Waals surface area contributed by atoms with Gasteiger partial charge in [0.25, 0.3) is 5.91 Å². The molecule has 6 heteroatoms. The van der Waals surface area contributed by atoms with Crippen LogP contribution in [0.3, 0.4) is 0 Å². The molecule has 0 aliphatic heterocycles. The van der Waals surface area contributed by atoms with Gasteiger partial charge in [-0.15, -0.1) is 0 Å². The van der Waals surface area contributed by atoms with Crippen molar-refractivity contribution in [1.82, 2.24) is 15.3 Å². The molecular formula is C21H22FN3O2. The molecular weight excluding hydrogens is 345 g/mol. The van der Waals surface area contributed by atoms with Crippen molar-refractivity contribution in [2.75, 3.05) is 0 Å². The van der Waals surface area contributed by atoms with E-state index >= 15 is 0 Å². The SMILES string of the molecule is C=C(/C(C)=C(F)\C=C/C)[C@@]1(C(=O)NO)Cc2cnn(-c3ccccc3)c2C1. The highest BCUT2D eigenvalue weighted by Gasteiger charge is 2.48. The summed E-state index contributed by atoms with van der Waals surface area (Å²) < 4.78 is 16.1. The Morgan fingerprint density at radius 3 is 2.70 bits per heavy atom. The van der Waals surface area contributed by atoms with Crippen LogP contribution in [0.5, 0.6) is 0 Å². The molecule has 1 aromatic carbocycles. The van der Waals surface area contributed by atoms with Gasteiger partial charge in [-0.3, -0.25) is 10.0 Å². The fourth-order valence-electron chi connectivity index (χ4n) is 3.60. The minimum absolute atomic E-state index is 0.267. The van der Waals surface area contributed by atoms with E-state index in [1.54, 1.807) is 36.3 Å². The fourth-order valence-corrected chi connectivity index (χ4v) is 3.60. The summed E-state index contributed by atoms with van der Waals surface area (Å²) >= 11 is 0. The Morgan fingerprint density at radius 1 is 1.37 bits per heavy atom. The summed E-state index contributed by atoms with van der Waals surface area (Å²) in [6.07, 6.45) is 5.19. The van der Waals surface area contributed by atoms with Crippen LogP contribution < -0.4 is 5.48 Å². The van der Waals surface area contributed by atoms with Gasteiger partial charge in [0.15, 0.2) is 0 Å². The fraction of sp³-hybridized carbons (Fsp3) is 0.238. The Hall–Kier alpha value is -2.99. The minimum atomic E-state index is -1.16. The molecule has 1 atom stereocenters. The zero-order valence-electron chi connectivity index (χ0n) is 15.4. The number of carbonyl (C=O) groups excluding carboxylic acids is 1. The first kappa shape index (κ1) is 18.8. The summed E-state index contributed by atoms with van der Waals surface area (Å²) in [5.41, 5.74) is 3.82. The van der Waals surface area contributed by atoms with Gasteiger partial charge in [0.2, 0.25) is 0 Å². The Bertz CT molecular complexity index is 944. The molecule has 0 saturated carbocycles. The van der Waals surface area contributed by atoms with Crippen LogP contribution in [0.4, 0.5) is 4.39 Å². The number of nitrogens with one attached hydrogen (secondary N) is 1. The van der Waals surface area contributed by atoms with Crippen LogP contribution in [0.15, 0.2) is 72.2 Å². The van der Waals surface area contributed by atoms with Crippen molar-refractivity contribution in [3.63, 3.8) is 0 Å². The zero-order chi connectivity index (χ0) is 19.6. The van der Waals surface area contributed by atoms with Gasteiger partial charge in [-0.05, 0) is 55.2 Å². The molecule has 27 heavy (non-hydrogen) atoms. The van der Waals surface area contributed by atoms with Gasteiger partial charge in [-0.2, -0.15) is 5.10 Å². The minimum Gasteiger partial charge on any atom is -0.289 e. The van der Waals surface area contributed by atoms with Crippen molar-refractivity contribution in [3.05, 3.63) is 83.5 Å². The van der Waals surface area contributed by atoms with Crippen molar-refractivity contribution in [3.8, 4) is 5.69 Å². The maximum atomic E-state index is 14.4. The first-order valence-electron chi connectivity index (χ1n) is 8.69. The lowest BCUT2D eigenvalue weighted by atomic mass is 9.74. The molecule has 0 bridgehead atoms. The molecule has 1 aliphatic carbocycles. The number of rotatable bonds is 5. The van der Waals surface area contributed by atoms with Crippen molar-refractivity contribution in [2.45, 2.75) is 26.7 Å². The maximum absolute atomic E-state index is 14.4. The molecule has 0 unspecified atom stereocenters. The third-order valence-electron chi connectivity index (χ3n) is 5.16. The number of hydrogen-bond donors (Lipinski definition) is 2. The molecule has 3 rings (SSSR count). The van der Waals surface area contributed by atoms with Crippen LogP contribution >= 0.6 is 0 Å². The molecule has 0 fully saturated rings. The average Bonchev–Trinajstić information content (AvgIpc) is 3.25. The van der Waals surface area contributed by atoms with Crippen LogP contribution in [0.1, 0.15) is 25.1 Å². The number of allylic oxidation sites excluding steroid dienone is 4. The van der Waals surface area contributed by atoms with E-state index in [0.29, 0.717) is 17.6 Å². The number of fused-ring (bicyclic) bond motifs is 1. The normalized spacial score (nSPS) is 19.7. The average molecular weight is 367 g/mol. The molecule has 0 spiro atoms. The molecule has 1 amide bonds. The van der Waals surface area contributed by atoms with Crippen LogP contribution in [0, 0.1) is 5.41 Å². The van der Waals surface area contributed by atoms with E-state index in [-0.39, 0.29) is 6.42 Å². The van der Waals surface area contributed by atoms with Crippen LogP contribution in [0.2, 0.25) is 0 Å². The number of benzene rings is 1. The second-order valence-corrected chi connectivity index (χ2v) is 6.69. The van der Waals surface area contributed by atoms with Crippen LogP contribution in [-0.2, 0) is 17.6 Å². The van der Waals surface area contributed by atoms with Crippen molar-refractivity contribution in [1.29, 1.82) is 0 Å². The number of hydroxylamine groups is 1. The van der Waals surface area contributed by atoms with Crippen molar-refractivity contribution in [2.24, 2.45) is 5.41 Å². The standard InChI is InChI=1S/C21H22FN3O2/c1-4-8-18(22)14(2)15(3)21(20(26)24-27)11-16-13-23-25(19(16)12-21)17-9-6-5-7-10-17/h4-10,13,27H,3,11-12H2,1-2H3,(H,24,26)/b8-4-,18-14+/t21-/m1/s1. The smallest absolute Gasteiger partial charge is 0.254 e. The van der Waals surface area contributed by atoms with Crippen LogP contribution in [-0.4, -0.2) is 20.9 Å². The van der Waals surface area contributed by atoms with Gasteiger partial charge in [0.1, 0.15) is 5.83 Å². The first-order chi connectivity index (χ1) is 12.9. The molecule has 5 nitrogen and oxygen atoms in total. The highest BCUT2D eigenvalue weighted by Crippen LogP contribution is 2.45. The van der Waals surface area contributed by atoms with Crippen LogP contribution in [0.25, 0.3) is 5.69 Å². The molecule has 2 N–H and O–H groups in total. The molecule has 1 aromatic heterocycles. The summed E-state index contributed by atoms with van der Waals surface area (Å²) in [6.45, 7) is 7.32. The van der Waals surface area contributed by atoms with E-state index in [4.69, 9.17) is 0 Å². The highest BCUT2D eigenvalue weighted by molar-refractivity contribution is 5.88. The molecule has 0 radical (unpaired) electrons. The lowest BCUT2D eigenvalue weighted by Gasteiger charge is -2.30. The Morgan fingerprint density at radius 2 is 2.07 bits per heavy atom. The Labute approximate surface area is 157 Å². The molecule has 1 heterocycles. The van der Waals surface area contributed by atoms with Gasteiger partial charge in [0.05, 0.1) is 17.3 Å².